The second-order valence-electron chi connectivity index (χ2n) is 5.88. The van der Waals surface area contributed by atoms with E-state index < -0.39 is 10.8 Å². The summed E-state index contributed by atoms with van der Waals surface area (Å²) in [5.74, 6) is -0.378. The Bertz CT molecular complexity index is 993. The molecule has 3 rings (SSSR count). The van der Waals surface area contributed by atoms with E-state index in [0.717, 1.165) is 11.3 Å². The number of halogens is 1. The summed E-state index contributed by atoms with van der Waals surface area (Å²) in [5, 5.41) is 22.7. The third-order valence-electron chi connectivity index (χ3n) is 3.95. The largest absolute Gasteiger partial charge is 0.320 e. The van der Waals surface area contributed by atoms with Gasteiger partial charge in [-0.25, -0.2) is 0 Å². The number of benzene rings is 1. The summed E-state index contributed by atoms with van der Waals surface area (Å²) in [6, 6.07) is 9.06. The quantitative estimate of drug-likeness (QED) is 0.515. The number of hydrogen-bond acceptors (Lipinski definition) is 5. The number of hydrogen-bond donors (Lipinski definition) is 1. The van der Waals surface area contributed by atoms with Crippen molar-refractivity contribution >= 4 is 29.0 Å². The Labute approximate surface area is 159 Å². The molecule has 1 amide bonds. The van der Waals surface area contributed by atoms with E-state index in [1.54, 1.807) is 29.8 Å². The highest BCUT2D eigenvalue weighted by atomic mass is 35.5. The highest BCUT2D eigenvalue weighted by molar-refractivity contribution is 6.30. The molecule has 0 unspecified atom stereocenters. The number of nitrogens with zero attached hydrogens (tertiary/aromatic N) is 5. The van der Waals surface area contributed by atoms with E-state index in [1.807, 2.05) is 19.1 Å². The number of aromatic nitrogens is 4. The van der Waals surface area contributed by atoms with E-state index in [1.165, 1.54) is 10.9 Å². The van der Waals surface area contributed by atoms with Crippen LogP contribution >= 0.6 is 11.6 Å². The van der Waals surface area contributed by atoms with Gasteiger partial charge in [-0.1, -0.05) is 23.7 Å². The molecule has 0 saturated carbocycles. The van der Waals surface area contributed by atoms with Crippen LogP contribution < -0.4 is 5.32 Å². The Kier molecular flexibility index (Phi) is 5.22. The van der Waals surface area contributed by atoms with Gasteiger partial charge in [0.1, 0.15) is 6.20 Å². The van der Waals surface area contributed by atoms with Gasteiger partial charge in [0, 0.05) is 23.3 Å². The van der Waals surface area contributed by atoms with Crippen LogP contribution in [-0.2, 0) is 13.1 Å². The van der Waals surface area contributed by atoms with E-state index in [9.17, 15) is 14.9 Å². The minimum Gasteiger partial charge on any atom is -0.303 e. The lowest BCUT2D eigenvalue weighted by Gasteiger charge is -2.04. The molecule has 0 saturated heterocycles. The summed E-state index contributed by atoms with van der Waals surface area (Å²) in [6.07, 6.45) is 1.24. The second kappa shape index (κ2) is 7.58. The first-order valence-electron chi connectivity index (χ1n) is 8.19. The second-order valence-corrected chi connectivity index (χ2v) is 6.32. The molecular weight excluding hydrogens is 372 g/mol. The number of anilines is 1. The molecule has 0 spiro atoms. The van der Waals surface area contributed by atoms with Gasteiger partial charge in [-0.05, 0) is 31.5 Å². The van der Waals surface area contributed by atoms with Crippen LogP contribution in [0.1, 0.15) is 28.7 Å². The Hall–Kier alpha value is -3.20. The molecular formula is C17H17ClN6O3. The van der Waals surface area contributed by atoms with Crippen LogP contribution in [0.2, 0.25) is 5.02 Å². The number of aryl methyl sites for hydroxylation is 2. The topological polar surface area (TPSA) is 108 Å². The molecule has 27 heavy (non-hydrogen) atoms. The first-order valence-corrected chi connectivity index (χ1v) is 8.57. The van der Waals surface area contributed by atoms with E-state index in [-0.39, 0.29) is 11.4 Å². The zero-order valence-electron chi connectivity index (χ0n) is 14.7. The fourth-order valence-electron chi connectivity index (χ4n) is 2.54. The van der Waals surface area contributed by atoms with Gasteiger partial charge in [0.2, 0.25) is 5.69 Å². The maximum atomic E-state index is 12.4. The van der Waals surface area contributed by atoms with Gasteiger partial charge in [0.25, 0.3) is 5.91 Å². The number of carbonyl (C=O) groups excluding carboxylic acids is 1. The fraction of sp³-hybridized carbons (Fsp3) is 0.235. The third-order valence-corrected chi connectivity index (χ3v) is 4.20. The van der Waals surface area contributed by atoms with Crippen molar-refractivity contribution in [1.82, 2.24) is 19.6 Å². The van der Waals surface area contributed by atoms with Crippen molar-refractivity contribution in [3.63, 3.8) is 0 Å². The van der Waals surface area contributed by atoms with Crippen molar-refractivity contribution in [3.05, 3.63) is 68.6 Å². The number of nitrogens with one attached hydrogen (secondary N) is 1. The average molecular weight is 389 g/mol. The molecule has 0 aliphatic carbocycles. The normalized spacial score (nSPS) is 10.8. The summed E-state index contributed by atoms with van der Waals surface area (Å²) < 4.78 is 3.06. The van der Waals surface area contributed by atoms with Gasteiger partial charge in [0.05, 0.1) is 11.5 Å². The van der Waals surface area contributed by atoms with Crippen LogP contribution in [-0.4, -0.2) is 30.4 Å². The first-order chi connectivity index (χ1) is 12.9. The lowest BCUT2D eigenvalue weighted by atomic mass is 10.2. The SMILES string of the molecule is CCn1cc([N+](=O)[O-])c(C(=O)Nc2cc(C)n(Cc3ccc(Cl)cc3)n2)n1. The number of rotatable bonds is 6. The Balaban J connectivity index is 1.78. The van der Waals surface area contributed by atoms with E-state index in [2.05, 4.69) is 15.5 Å². The minimum absolute atomic E-state index is 0.244. The monoisotopic (exact) mass is 388 g/mol. The fourth-order valence-corrected chi connectivity index (χ4v) is 2.66. The molecule has 3 aromatic rings. The average Bonchev–Trinajstić information content (AvgIpc) is 3.21. The smallest absolute Gasteiger partial charge is 0.303 e. The van der Waals surface area contributed by atoms with Gasteiger partial charge in [-0.15, -0.1) is 0 Å². The summed E-state index contributed by atoms with van der Waals surface area (Å²) in [6.45, 7) is 4.56. The van der Waals surface area contributed by atoms with Gasteiger partial charge in [-0.3, -0.25) is 24.3 Å². The minimum atomic E-state index is -0.676. The van der Waals surface area contributed by atoms with Crippen molar-refractivity contribution in [2.45, 2.75) is 26.9 Å². The Morgan fingerprint density at radius 1 is 1.30 bits per heavy atom. The standard InChI is InChI=1S/C17H17ClN6O3/c1-3-22-10-14(24(26)27)16(21-22)17(25)19-15-8-11(2)23(20-15)9-12-4-6-13(18)7-5-12/h4-8,10H,3,9H2,1-2H3,(H,19,20,25). The van der Waals surface area contributed by atoms with Gasteiger partial charge < -0.3 is 5.32 Å². The number of carbonyl (C=O) groups is 1. The molecule has 1 aromatic carbocycles. The Morgan fingerprint density at radius 3 is 2.63 bits per heavy atom. The van der Waals surface area contributed by atoms with Crippen molar-refractivity contribution in [2.75, 3.05) is 5.32 Å². The molecule has 0 bridgehead atoms. The molecule has 2 heterocycles. The summed E-state index contributed by atoms with van der Waals surface area (Å²) in [4.78, 5) is 22.9. The van der Waals surface area contributed by atoms with Gasteiger partial charge in [0.15, 0.2) is 5.82 Å². The maximum absolute atomic E-state index is 12.4. The van der Waals surface area contributed by atoms with Crippen molar-refractivity contribution in [2.24, 2.45) is 0 Å². The molecule has 1 N–H and O–H groups in total. The zero-order chi connectivity index (χ0) is 19.6. The molecule has 10 heteroatoms. The van der Waals surface area contributed by atoms with Gasteiger partial charge in [-0.2, -0.15) is 10.2 Å². The zero-order valence-corrected chi connectivity index (χ0v) is 15.5. The van der Waals surface area contributed by atoms with Crippen LogP contribution in [0, 0.1) is 17.0 Å². The molecule has 0 radical (unpaired) electrons. The van der Waals surface area contributed by atoms with E-state index in [4.69, 9.17) is 11.6 Å². The summed E-state index contributed by atoms with van der Waals surface area (Å²) in [7, 11) is 0. The van der Waals surface area contributed by atoms with Crippen molar-refractivity contribution in [3.8, 4) is 0 Å². The summed E-state index contributed by atoms with van der Waals surface area (Å²) in [5.41, 5.74) is 1.24. The van der Waals surface area contributed by atoms with E-state index in [0.29, 0.717) is 23.9 Å². The molecule has 9 nitrogen and oxygen atoms in total. The van der Waals surface area contributed by atoms with Crippen LogP contribution in [0.4, 0.5) is 11.5 Å². The van der Waals surface area contributed by atoms with E-state index >= 15 is 0 Å². The molecule has 2 aromatic heterocycles. The third kappa shape index (κ3) is 4.14. The summed E-state index contributed by atoms with van der Waals surface area (Å²) >= 11 is 5.89. The molecule has 0 aliphatic heterocycles. The molecule has 0 fully saturated rings. The van der Waals surface area contributed by atoms with Crippen LogP contribution in [0.25, 0.3) is 0 Å². The molecule has 0 atom stereocenters. The van der Waals surface area contributed by atoms with Crippen LogP contribution in [0.15, 0.2) is 36.5 Å². The lowest BCUT2D eigenvalue weighted by Crippen LogP contribution is -2.15. The van der Waals surface area contributed by atoms with Gasteiger partial charge >= 0.3 is 5.69 Å². The molecule has 0 aliphatic rings. The number of amides is 1. The predicted molar refractivity (Wildman–Crippen MR) is 100 cm³/mol. The first kappa shape index (κ1) is 18.6. The van der Waals surface area contributed by atoms with Crippen LogP contribution in [0.3, 0.4) is 0 Å². The highest BCUT2D eigenvalue weighted by Gasteiger charge is 2.26. The highest BCUT2D eigenvalue weighted by Crippen LogP contribution is 2.19. The van der Waals surface area contributed by atoms with Crippen molar-refractivity contribution in [1.29, 1.82) is 0 Å². The molecule has 140 valence electrons. The maximum Gasteiger partial charge on any atom is 0.320 e. The van der Waals surface area contributed by atoms with Crippen molar-refractivity contribution < 1.29 is 9.72 Å². The predicted octanol–water partition coefficient (Wildman–Crippen LogP) is 3.27. The lowest BCUT2D eigenvalue weighted by molar-refractivity contribution is -0.385. The van der Waals surface area contributed by atoms with Crippen LogP contribution in [0.5, 0.6) is 0 Å². The number of nitro groups is 1. The Morgan fingerprint density at radius 2 is 2.00 bits per heavy atom.